The van der Waals surface area contributed by atoms with Gasteiger partial charge in [0.25, 0.3) is 5.91 Å². The third-order valence-corrected chi connectivity index (χ3v) is 4.25. The maximum Gasteiger partial charge on any atom is 0.306 e. The van der Waals surface area contributed by atoms with Crippen molar-refractivity contribution in [3.05, 3.63) is 52.0 Å². The molecule has 2 aromatic carbocycles. The van der Waals surface area contributed by atoms with Gasteiger partial charge in [-0.3, -0.25) is 9.59 Å². The van der Waals surface area contributed by atoms with Crippen molar-refractivity contribution in [1.82, 2.24) is 0 Å². The molecule has 144 valence electrons. The van der Waals surface area contributed by atoms with Gasteiger partial charge >= 0.3 is 5.97 Å². The predicted molar refractivity (Wildman–Crippen MR) is 104 cm³/mol. The Bertz CT molecular complexity index is 783. The fourth-order valence-electron chi connectivity index (χ4n) is 2.27. The second-order valence-electron chi connectivity index (χ2n) is 5.53. The summed E-state index contributed by atoms with van der Waals surface area (Å²) < 4.78 is 15.4. The lowest BCUT2D eigenvalue weighted by molar-refractivity contribution is -0.147. The highest BCUT2D eigenvalue weighted by Crippen LogP contribution is 2.29. The Hall–Kier alpha value is -2.44. The van der Waals surface area contributed by atoms with E-state index in [1.165, 1.54) is 0 Å². The van der Waals surface area contributed by atoms with Gasteiger partial charge in [0.15, 0.2) is 6.61 Å². The molecule has 0 heterocycles. The SMILES string of the molecule is COc1cc(CCC(=O)OCC(=O)Nc2c(Cl)cccc2Cl)cc(OC)c1. The van der Waals surface area contributed by atoms with Crippen LogP contribution < -0.4 is 14.8 Å². The number of methoxy groups -OCH3 is 2. The zero-order valence-electron chi connectivity index (χ0n) is 14.9. The second kappa shape index (κ2) is 10.0. The summed E-state index contributed by atoms with van der Waals surface area (Å²) in [6, 6.07) is 10.2. The van der Waals surface area contributed by atoms with Gasteiger partial charge in [0.1, 0.15) is 11.5 Å². The molecular weight excluding hydrogens is 393 g/mol. The van der Waals surface area contributed by atoms with E-state index in [1.54, 1.807) is 38.5 Å². The molecule has 0 bridgehead atoms. The van der Waals surface area contributed by atoms with E-state index in [0.717, 1.165) is 5.56 Å². The Morgan fingerprint density at radius 2 is 1.59 bits per heavy atom. The van der Waals surface area contributed by atoms with Crippen LogP contribution in [0, 0.1) is 0 Å². The summed E-state index contributed by atoms with van der Waals surface area (Å²) in [5.41, 5.74) is 1.14. The molecule has 8 heteroatoms. The van der Waals surface area contributed by atoms with Gasteiger partial charge in [0.05, 0.1) is 30.0 Å². The number of benzene rings is 2. The molecule has 0 radical (unpaired) electrons. The molecule has 2 aromatic rings. The lowest BCUT2D eigenvalue weighted by Gasteiger charge is -2.10. The Morgan fingerprint density at radius 3 is 2.15 bits per heavy atom. The molecule has 0 atom stereocenters. The first kappa shape index (κ1) is 20.9. The van der Waals surface area contributed by atoms with Crippen LogP contribution >= 0.6 is 23.2 Å². The minimum Gasteiger partial charge on any atom is -0.497 e. The second-order valence-corrected chi connectivity index (χ2v) is 6.34. The number of carbonyl (C=O) groups excluding carboxylic acids is 2. The van der Waals surface area contributed by atoms with E-state index in [4.69, 9.17) is 37.4 Å². The zero-order valence-corrected chi connectivity index (χ0v) is 16.4. The largest absolute Gasteiger partial charge is 0.497 e. The van der Waals surface area contributed by atoms with Crippen LogP contribution in [-0.2, 0) is 20.7 Å². The highest BCUT2D eigenvalue weighted by atomic mass is 35.5. The molecule has 0 aromatic heterocycles. The smallest absolute Gasteiger partial charge is 0.306 e. The van der Waals surface area contributed by atoms with Crippen molar-refractivity contribution >= 4 is 40.8 Å². The van der Waals surface area contributed by atoms with Crippen molar-refractivity contribution in [2.45, 2.75) is 12.8 Å². The van der Waals surface area contributed by atoms with E-state index in [9.17, 15) is 9.59 Å². The van der Waals surface area contributed by atoms with Crippen LogP contribution in [0.25, 0.3) is 0 Å². The van der Waals surface area contributed by atoms with E-state index in [0.29, 0.717) is 28.0 Å². The summed E-state index contributed by atoms with van der Waals surface area (Å²) in [6.07, 6.45) is 0.529. The highest BCUT2D eigenvalue weighted by molar-refractivity contribution is 6.39. The van der Waals surface area contributed by atoms with E-state index in [-0.39, 0.29) is 12.1 Å². The van der Waals surface area contributed by atoms with Crippen LogP contribution in [0.4, 0.5) is 5.69 Å². The molecule has 0 aliphatic carbocycles. The van der Waals surface area contributed by atoms with Crippen molar-refractivity contribution in [3.8, 4) is 11.5 Å². The minimum absolute atomic E-state index is 0.108. The number of hydrogen-bond donors (Lipinski definition) is 1. The van der Waals surface area contributed by atoms with Crippen molar-refractivity contribution in [1.29, 1.82) is 0 Å². The number of anilines is 1. The lowest BCUT2D eigenvalue weighted by atomic mass is 10.1. The summed E-state index contributed by atoms with van der Waals surface area (Å²) in [5, 5.41) is 3.12. The average molecular weight is 412 g/mol. The van der Waals surface area contributed by atoms with E-state index < -0.39 is 18.5 Å². The van der Waals surface area contributed by atoms with Gasteiger partial charge in [-0.25, -0.2) is 0 Å². The molecule has 27 heavy (non-hydrogen) atoms. The fraction of sp³-hybridized carbons (Fsp3) is 0.263. The number of ether oxygens (including phenoxy) is 3. The van der Waals surface area contributed by atoms with Crippen molar-refractivity contribution in [3.63, 3.8) is 0 Å². The molecule has 0 saturated carbocycles. The van der Waals surface area contributed by atoms with Crippen molar-refractivity contribution < 1.29 is 23.8 Å². The Labute approximate surface area is 167 Å². The van der Waals surface area contributed by atoms with Gasteiger partial charge in [-0.15, -0.1) is 0 Å². The van der Waals surface area contributed by atoms with Crippen LogP contribution in [0.3, 0.4) is 0 Å². The lowest BCUT2D eigenvalue weighted by Crippen LogP contribution is -2.21. The number of carbonyl (C=O) groups is 2. The Balaban J connectivity index is 1.83. The third-order valence-electron chi connectivity index (χ3n) is 3.62. The summed E-state index contributed by atoms with van der Waals surface area (Å²) >= 11 is 12.0. The number of nitrogens with one attached hydrogen (secondary N) is 1. The first-order valence-corrected chi connectivity index (χ1v) is 8.80. The molecule has 6 nitrogen and oxygen atoms in total. The topological polar surface area (TPSA) is 73.9 Å². The van der Waals surface area contributed by atoms with Gasteiger partial charge in [-0.1, -0.05) is 29.3 Å². The molecule has 1 N–H and O–H groups in total. The maximum absolute atomic E-state index is 11.9. The van der Waals surface area contributed by atoms with Crippen LogP contribution in [0.2, 0.25) is 10.0 Å². The van der Waals surface area contributed by atoms with E-state index >= 15 is 0 Å². The molecule has 0 aliphatic heterocycles. The monoisotopic (exact) mass is 411 g/mol. The van der Waals surface area contributed by atoms with Gasteiger partial charge in [0.2, 0.25) is 0 Å². The molecule has 0 fully saturated rings. The molecule has 0 unspecified atom stereocenters. The molecule has 1 amide bonds. The fourth-order valence-corrected chi connectivity index (χ4v) is 2.76. The van der Waals surface area contributed by atoms with Crippen LogP contribution in [0.5, 0.6) is 11.5 Å². The number of aryl methyl sites for hydroxylation is 1. The van der Waals surface area contributed by atoms with Gasteiger partial charge < -0.3 is 19.5 Å². The summed E-state index contributed by atoms with van der Waals surface area (Å²) in [7, 11) is 3.10. The average Bonchev–Trinajstić information content (AvgIpc) is 2.67. The van der Waals surface area contributed by atoms with Crippen molar-refractivity contribution in [2.75, 3.05) is 26.1 Å². The number of rotatable bonds is 8. The maximum atomic E-state index is 11.9. The summed E-state index contributed by atoms with van der Waals surface area (Å²) in [5.74, 6) is 0.237. The number of para-hydroxylation sites is 1. The first-order chi connectivity index (χ1) is 12.9. The molecule has 0 spiro atoms. The van der Waals surface area contributed by atoms with Crippen LogP contribution in [0.1, 0.15) is 12.0 Å². The summed E-state index contributed by atoms with van der Waals surface area (Å²) in [4.78, 5) is 23.8. The normalized spacial score (nSPS) is 10.2. The number of esters is 1. The minimum atomic E-state index is -0.526. The quantitative estimate of drug-likeness (QED) is 0.661. The molecule has 0 aliphatic rings. The standard InChI is InChI=1S/C19H19Cl2NO5/c1-25-13-8-12(9-14(10-13)26-2)6-7-18(24)27-11-17(23)22-19-15(20)4-3-5-16(19)21/h3-5,8-10H,6-7,11H2,1-2H3,(H,22,23). The zero-order chi connectivity index (χ0) is 19.8. The third kappa shape index (κ3) is 6.34. The van der Waals surface area contributed by atoms with Gasteiger partial charge in [-0.2, -0.15) is 0 Å². The summed E-state index contributed by atoms with van der Waals surface area (Å²) in [6.45, 7) is -0.429. The van der Waals surface area contributed by atoms with Crippen molar-refractivity contribution in [2.24, 2.45) is 0 Å². The molecular formula is C19H19Cl2NO5. The molecule has 0 saturated heterocycles. The van der Waals surface area contributed by atoms with Crippen LogP contribution in [-0.4, -0.2) is 32.7 Å². The van der Waals surface area contributed by atoms with E-state index in [2.05, 4.69) is 5.32 Å². The number of amides is 1. The molecule has 2 rings (SSSR count). The highest BCUT2D eigenvalue weighted by Gasteiger charge is 2.12. The van der Waals surface area contributed by atoms with E-state index in [1.807, 2.05) is 12.1 Å². The Kier molecular flexibility index (Phi) is 7.76. The number of hydrogen-bond acceptors (Lipinski definition) is 5. The van der Waals surface area contributed by atoms with Crippen LogP contribution in [0.15, 0.2) is 36.4 Å². The first-order valence-electron chi connectivity index (χ1n) is 8.04. The Morgan fingerprint density at radius 1 is 1.00 bits per heavy atom. The van der Waals surface area contributed by atoms with Gasteiger partial charge in [-0.05, 0) is 36.2 Å². The number of halogens is 2. The predicted octanol–water partition coefficient (Wildman–Crippen LogP) is 4.13. The van der Waals surface area contributed by atoms with Gasteiger partial charge in [0, 0.05) is 12.5 Å².